The third kappa shape index (κ3) is 2.05. The van der Waals surface area contributed by atoms with E-state index in [1.165, 1.54) is 18.2 Å². The highest BCUT2D eigenvalue weighted by Gasteiger charge is 2.14. The topological polar surface area (TPSA) is 34.1 Å². The molecule has 2 nitrogen and oxygen atoms in total. The van der Waals surface area contributed by atoms with Gasteiger partial charge in [-0.05, 0) is 35.9 Å². The summed E-state index contributed by atoms with van der Waals surface area (Å²) in [5.74, 6) is -0.323. The molecule has 1 aromatic carbocycles. The highest BCUT2D eigenvalue weighted by molar-refractivity contribution is 6.34. The van der Waals surface area contributed by atoms with Gasteiger partial charge in [0.1, 0.15) is 0 Å². The van der Waals surface area contributed by atoms with Crippen LogP contribution < -0.4 is 0 Å². The Bertz CT molecular complexity index is 481. The van der Waals surface area contributed by atoms with E-state index in [2.05, 4.69) is 0 Å². The van der Waals surface area contributed by atoms with Crippen LogP contribution in [0.1, 0.15) is 5.56 Å². The van der Waals surface area contributed by atoms with Crippen molar-refractivity contribution in [3.8, 4) is 0 Å². The summed E-state index contributed by atoms with van der Waals surface area (Å²) in [6.07, 6.45) is 3.89. The summed E-state index contributed by atoms with van der Waals surface area (Å²) in [6, 6.07) is 6.82. The van der Waals surface area contributed by atoms with Crippen LogP contribution in [-0.4, -0.2) is 11.6 Å². The summed E-state index contributed by atoms with van der Waals surface area (Å²) in [5.41, 5.74) is 1.13. The molecular formula is C12H7ClO2. The van der Waals surface area contributed by atoms with Gasteiger partial charge in [-0.3, -0.25) is 9.59 Å². The molecule has 0 saturated carbocycles. The lowest BCUT2D eigenvalue weighted by Gasteiger charge is -2.06. The van der Waals surface area contributed by atoms with Crippen LogP contribution in [0.5, 0.6) is 0 Å². The number of allylic oxidation sites excluding steroid dienone is 4. The molecule has 3 heteroatoms. The minimum Gasteiger partial charge on any atom is -0.290 e. The van der Waals surface area contributed by atoms with Crippen molar-refractivity contribution in [3.63, 3.8) is 0 Å². The first kappa shape index (κ1) is 9.87. The molecule has 0 aromatic heterocycles. The molecule has 0 fully saturated rings. The minimum absolute atomic E-state index is 0.156. The van der Waals surface area contributed by atoms with E-state index in [9.17, 15) is 9.59 Å². The SMILES string of the molecule is O=C1C=CC(=O)C(c2ccc(Cl)cc2)=C1. The average molecular weight is 219 g/mol. The van der Waals surface area contributed by atoms with Gasteiger partial charge in [-0.2, -0.15) is 0 Å². The fraction of sp³-hybridized carbons (Fsp3) is 0. The van der Waals surface area contributed by atoms with Crippen LogP contribution in [0.2, 0.25) is 5.02 Å². The van der Waals surface area contributed by atoms with E-state index in [1.54, 1.807) is 24.3 Å². The van der Waals surface area contributed by atoms with Crippen molar-refractivity contribution in [2.45, 2.75) is 0 Å². The quantitative estimate of drug-likeness (QED) is 0.679. The Hall–Kier alpha value is -1.67. The highest BCUT2D eigenvalue weighted by atomic mass is 35.5. The number of rotatable bonds is 1. The Balaban J connectivity index is 2.43. The maximum absolute atomic E-state index is 11.5. The Morgan fingerprint density at radius 2 is 1.60 bits per heavy atom. The summed E-state index contributed by atoms with van der Waals surface area (Å²) < 4.78 is 0. The molecule has 74 valence electrons. The van der Waals surface area contributed by atoms with Crippen LogP contribution in [-0.2, 0) is 9.59 Å². The van der Waals surface area contributed by atoms with Crippen LogP contribution in [0.15, 0.2) is 42.5 Å². The van der Waals surface area contributed by atoms with E-state index in [0.29, 0.717) is 16.2 Å². The number of hydrogen-bond donors (Lipinski definition) is 0. The molecule has 0 bridgehead atoms. The molecule has 0 unspecified atom stereocenters. The first-order valence-corrected chi connectivity index (χ1v) is 4.78. The second-order valence-electron chi connectivity index (χ2n) is 3.16. The Labute approximate surface area is 91.9 Å². The van der Waals surface area contributed by atoms with Gasteiger partial charge >= 0.3 is 0 Å². The predicted molar refractivity (Wildman–Crippen MR) is 58.6 cm³/mol. The van der Waals surface area contributed by atoms with Crippen LogP contribution in [0.4, 0.5) is 0 Å². The fourth-order valence-corrected chi connectivity index (χ4v) is 1.49. The first-order valence-electron chi connectivity index (χ1n) is 4.41. The average Bonchev–Trinajstić information content (AvgIpc) is 2.23. The van der Waals surface area contributed by atoms with Gasteiger partial charge < -0.3 is 0 Å². The summed E-state index contributed by atoms with van der Waals surface area (Å²) >= 11 is 5.73. The molecule has 0 N–H and O–H groups in total. The number of halogens is 1. The van der Waals surface area contributed by atoms with Crippen LogP contribution in [0, 0.1) is 0 Å². The Kier molecular flexibility index (Phi) is 2.52. The van der Waals surface area contributed by atoms with E-state index >= 15 is 0 Å². The summed E-state index contributed by atoms with van der Waals surface area (Å²) in [7, 11) is 0. The lowest BCUT2D eigenvalue weighted by molar-refractivity contribution is -0.113. The molecule has 15 heavy (non-hydrogen) atoms. The van der Waals surface area contributed by atoms with E-state index in [-0.39, 0.29) is 11.6 Å². The smallest absolute Gasteiger partial charge is 0.186 e. The molecular weight excluding hydrogens is 212 g/mol. The van der Waals surface area contributed by atoms with E-state index in [1.807, 2.05) is 0 Å². The van der Waals surface area contributed by atoms with Crippen LogP contribution >= 0.6 is 11.6 Å². The van der Waals surface area contributed by atoms with Crippen molar-refractivity contribution in [2.24, 2.45) is 0 Å². The van der Waals surface area contributed by atoms with Gasteiger partial charge in [0.15, 0.2) is 11.6 Å². The van der Waals surface area contributed by atoms with E-state index in [0.717, 1.165) is 0 Å². The number of ketones is 2. The van der Waals surface area contributed by atoms with E-state index < -0.39 is 0 Å². The van der Waals surface area contributed by atoms with Crippen molar-refractivity contribution in [1.82, 2.24) is 0 Å². The number of hydrogen-bond acceptors (Lipinski definition) is 2. The maximum atomic E-state index is 11.5. The van der Waals surface area contributed by atoms with Gasteiger partial charge in [0.05, 0.1) is 0 Å². The molecule has 0 aliphatic heterocycles. The Morgan fingerprint density at radius 3 is 2.27 bits per heavy atom. The third-order valence-corrected chi connectivity index (χ3v) is 2.36. The zero-order valence-electron chi connectivity index (χ0n) is 7.74. The van der Waals surface area contributed by atoms with Gasteiger partial charge in [0.25, 0.3) is 0 Å². The molecule has 0 heterocycles. The molecule has 1 aliphatic carbocycles. The molecule has 0 atom stereocenters. The van der Waals surface area contributed by atoms with Crippen molar-refractivity contribution in [3.05, 3.63) is 53.1 Å². The van der Waals surface area contributed by atoms with Gasteiger partial charge in [0.2, 0.25) is 0 Å². The second kappa shape index (κ2) is 3.83. The first-order chi connectivity index (χ1) is 7.16. The third-order valence-electron chi connectivity index (χ3n) is 2.11. The monoisotopic (exact) mass is 218 g/mol. The van der Waals surface area contributed by atoms with E-state index in [4.69, 9.17) is 11.6 Å². The molecule has 0 amide bonds. The normalized spacial score (nSPS) is 15.4. The lowest BCUT2D eigenvalue weighted by Crippen LogP contribution is -2.06. The maximum Gasteiger partial charge on any atom is 0.186 e. The molecule has 2 rings (SSSR count). The predicted octanol–water partition coefficient (Wildman–Crippen LogP) is 2.43. The summed E-state index contributed by atoms with van der Waals surface area (Å²) in [6.45, 7) is 0. The van der Waals surface area contributed by atoms with Gasteiger partial charge in [-0.15, -0.1) is 0 Å². The van der Waals surface area contributed by atoms with Gasteiger partial charge in [-0.25, -0.2) is 0 Å². The largest absolute Gasteiger partial charge is 0.290 e. The summed E-state index contributed by atoms with van der Waals surface area (Å²) in [4.78, 5) is 22.6. The standard InChI is InChI=1S/C12H7ClO2/c13-9-3-1-8(2-4-9)11-7-10(14)5-6-12(11)15/h1-7H. The number of carbonyl (C=O) groups excluding carboxylic acids is 2. The van der Waals surface area contributed by atoms with Crippen LogP contribution in [0.3, 0.4) is 0 Å². The minimum atomic E-state index is -0.167. The molecule has 0 radical (unpaired) electrons. The fourth-order valence-electron chi connectivity index (χ4n) is 1.36. The molecule has 0 saturated heterocycles. The summed E-state index contributed by atoms with van der Waals surface area (Å²) in [5, 5.41) is 0.601. The van der Waals surface area contributed by atoms with Gasteiger partial charge in [-0.1, -0.05) is 23.7 Å². The second-order valence-corrected chi connectivity index (χ2v) is 3.60. The Morgan fingerprint density at radius 1 is 0.933 bits per heavy atom. The van der Waals surface area contributed by atoms with Crippen molar-refractivity contribution < 1.29 is 9.59 Å². The zero-order chi connectivity index (χ0) is 10.8. The lowest BCUT2D eigenvalue weighted by atomic mass is 9.96. The molecule has 0 spiro atoms. The molecule has 1 aliphatic rings. The number of benzene rings is 1. The number of carbonyl (C=O) groups is 2. The van der Waals surface area contributed by atoms with Crippen molar-refractivity contribution >= 4 is 28.7 Å². The van der Waals surface area contributed by atoms with Gasteiger partial charge in [0, 0.05) is 10.6 Å². The highest BCUT2D eigenvalue weighted by Crippen LogP contribution is 2.20. The zero-order valence-corrected chi connectivity index (χ0v) is 8.49. The molecule has 1 aromatic rings. The van der Waals surface area contributed by atoms with Crippen molar-refractivity contribution in [2.75, 3.05) is 0 Å². The van der Waals surface area contributed by atoms with Crippen molar-refractivity contribution in [1.29, 1.82) is 0 Å². The van der Waals surface area contributed by atoms with Crippen LogP contribution in [0.25, 0.3) is 5.57 Å².